The summed E-state index contributed by atoms with van der Waals surface area (Å²) in [5, 5.41) is 3.50. The standard InChI is InChI=1S/C22H36N4O2/c27-20(23-22-12-17-9-18(13-22)11-19(10-17)14-22)15-24-5-7-25(8-6-24)16-21(28)26-3-1-2-4-26/h17-19H,1-16H2,(H,23,27). The summed E-state index contributed by atoms with van der Waals surface area (Å²) in [6.45, 7) is 6.51. The summed E-state index contributed by atoms with van der Waals surface area (Å²) in [7, 11) is 0. The minimum Gasteiger partial charge on any atom is -0.350 e. The Hall–Kier alpha value is -1.14. The Bertz CT molecular complexity index is 572. The number of carbonyl (C=O) groups is 2. The molecular formula is C22H36N4O2. The Labute approximate surface area is 169 Å². The number of carbonyl (C=O) groups excluding carboxylic acids is 2. The molecule has 1 N–H and O–H groups in total. The zero-order valence-electron chi connectivity index (χ0n) is 17.2. The quantitative estimate of drug-likeness (QED) is 0.772. The molecule has 0 aromatic rings. The second kappa shape index (κ2) is 7.60. The van der Waals surface area contributed by atoms with Gasteiger partial charge in [0.25, 0.3) is 0 Å². The average molecular weight is 389 g/mol. The zero-order chi connectivity index (χ0) is 19.1. The van der Waals surface area contributed by atoms with Gasteiger partial charge in [-0.05, 0) is 69.1 Å². The van der Waals surface area contributed by atoms with Gasteiger partial charge in [-0.25, -0.2) is 0 Å². The number of nitrogens with one attached hydrogen (secondary N) is 1. The molecule has 2 saturated heterocycles. The molecular weight excluding hydrogens is 352 g/mol. The Morgan fingerprint density at radius 3 is 1.79 bits per heavy atom. The number of rotatable bonds is 5. The molecule has 6 nitrogen and oxygen atoms in total. The third-order valence-corrected chi connectivity index (χ3v) is 8.09. The molecule has 2 amide bonds. The van der Waals surface area contributed by atoms with Gasteiger partial charge in [0.05, 0.1) is 13.1 Å². The van der Waals surface area contributed by atoms with Crippen molar-refractivity contribution >= 4 is 11.8 Å². The van der Waals surface area contributed by atoms with Crippen molar-refractivity contribution in [3.05, 3.63) is 0 Å². The van der Waals surface area contributed by atoms with Crippen LogP contribution < -0.4 is 5.32 Å². The summed E-state index contributed by atoms with van der Waals surface area (Å²) >= 11 is 0. The van der Waals surface area contributed by atoms with Gasteiger partial charge in [-0.3, -0.25) is 19.4 Å². The Balaban J connectivity index is 1.06. The number of piperazine rings is 1. The van der Waals surface area contributed by atoms with Crippen LogP contribution in [0, 0.1) is 17.8 Å². The maximum Gasteiger partial charge on any atom is 0.236 e. The van der Waals surface area contributed by atoms with Gasteiger partial charge in [0.1, 0.15) is 0 Å². The lowest BCUT2D eigenvalue weighted by Gasteiger charge is -2.57. The highest BCUT2D eigenvalue weighted by atomic mass is 16.2. The van der Waals surface area contributed by atoms with Crippen molar-refractivity contribution in [2.24, 2.45) is 17.8 Å². The van der Waals surface area contributed by atoms with E-state index in [1.807, 2.05) is 4.90 Å². The van der Waals surface area contributed by atoms with Crippen molar-refractivity contribution in [2.45, 2.75) is 56.9 Å². The van der Waals surface area contributed by atoms with Crippen molar-refractivity contribution in [3.8, 4) is 0 Å². The first kappa shape index (κ1) is 18.9. The summed E-state index contributed by atoms with van der Waals surface area (Å²) in [5.41, 5.74) is 0.121. The van der Waals surface area contributed by atoms with E-state index in [0.717, 1.165) is 69.9 Å². The van der Waals surface area contributed by atoms with Gasteiger partial charge >= 0.3 is 0 Å². The van der Waals surface area contributed by atoms with Crippen molar-refractivity contribution in [1.29, 1.82) is 0 Å². The van der Waals surface area contributed by atoms with Gasteiger partial charge in [0.2, 0.25) is 11.8 Å². The average Bonchev–Trinajstić information content (AvgIpc) is 3.16. The molecule has 6 fully saturated rings. The van der Waals surface area contributed by atoms with Crippen molar-refractivity contribution in [3.63, 3.8) is 0 Å². The lowest BCUT2D eigenvalue weighted by molar-refractivity contribution is -0.133. The fourth-order valence-electron chi connectivity index (χ4n) is 7.17. The highest BCUT2D eigenvalue weighted by molar-refractivity contribution is 5.79. The van der Waals surface area contributed by atoms with Crippen LogP contribution >= 0.6 is 0 Å². The van der Waals surface area contributed by atoms with E-state index >= 15 is 0 Å². The number of hydrogen-bond acceptors (Lipinski definition) is 4. The number of hydrogen-bond donors (Lipinski definition) is 1. The van der Waals surface area contributed by atoms with E-state index in [0.29, 0.717) is 13.1 Å². The summed E-state index contributed by atoms with van der Waals surface area (Å²) < 4.78 is 0. The van der Waals surface area contributed by atoms with E-state index in [-0.39, 0.29) is 17.4 Å². The zero-order valence-corrected chi connectivity index (χ0v) is 17.2. The molecule has 2 aliphatic heterocycles. The summed E-state index contributed by atoms with van der Waals surface area (Å²) in [6, 6.07) is 0. The largest absolute Gasteiger partial charge is 0.350 e. The van der Waals surface area contributed by atoms with Gasteiger partial charge in [-0.1, -0.05) is 0 Å². The maximum atomic E-state index is 12.8. The molecule has 0 aromatic heterocycles. The highest BCUT2D eigenvalue weighted by Crippen LogP contribution is 2.55. The third-order valence-electron chi connectivity index (χ3n) is 8.09. The fourth-order valence-corrected chi connectivity index (χ4v) is 7.17. The van der Waals surface area contributed by atoms with E-state index in [1.165, 1.54) is 38.5 Å². The van der Waals surface area contributed by atoms with Gasteiger partial charge in [0.15, 0.2) is 0 Å². The van der Waals surface area contributed by atoms with Crippen LogP contribution in [0.25, 0.3) is 0 Å². The van der Waals surface area contributed by atoms with E-state index in [1.54, 1.807) is 0 Å². The lowest BCUT2D eigenvalue weighted by Crippen LogP contribution is -2.61. The maximum absolute atomic E-state index is 12.8. The molecule has 0 spiro atoms. The van der Waals surface area contributed by atoms with Crippen LogP contribution in [0.1, 0.15) is 51.4 Å². The van der Waals surface area contributed by atoms with Crippen LogP contribution in [0.4, 0.5) is 0 Å². The molecule has 6 heteroatoms. The summed E-state index contributed by atoms with van der Waals surface area (Å²) in [4.78, 5) is 31.7. The smallest absolute Gasteiger partial charge is 0.236 e. The Morgan fingerprint density at radius 1 is 0.750 bits per heavy atom. The monoisotopic (exact) mass is 388 g/mol. The van der Waals surface area contributed by atoms with Crippen LogP contribution in [0.2, 0.25) is 0 Å². The Kier molecular flexibility index (Phi) is 5.12. The summed E-state index contributed by atoms with van der Waals surface area (Å²) in [5.74, 6) is 3.10. The van der Waals surface area contributed by atoms with Crippen LogP contribution in [-0.2, 0) is 9.59 Å². The first-order valence-corrected chi connectivity index (χ1v) is 11.6. The molecule has 4 bridgehead atoms. The molecule has 0 aromatic carbocycles. The minimum atomic E-state index is 0.121. The van der Waals surface area contributed by atoms with E-state index in [9.17, 15) is 9.59 Å². The molecule has 2 heterocycles. The van der Waals surface area contributed by atoms with Crippen LogP contribution in [0.3, 0.4) is 0 Å². The molecule has 6 rings (SSSR count). The number of nitrogens with zero attached hydrogens (tertiary/aromatic N) is 3. The van der Waals surface area contributed by atoms with Gasteiger partial charge in [-0.15, -0.1) is 0 Å². The lowest BCUT2D eigenvalue weighted by atomic mass is 9.53. The summed E-state index contributed by atoms with van der Waals surface area (Å²) in [6.07, 6.45) is 10.2. The SMILES string of the molecule is O=C(CN1CCN(CC(=O)N2CCCC2)CC1)NC12CC3CC(CC(C3)C1)C2. The van der Waals surface area contributed by atoms with E-state index in [2.05, 4.69) is 15.1 Å². The normalized spacial score (nSPS) is 38.1. The molecule has 0 radical (unpaired) electrons. The third kappa shape index (κ3) is 3.95. The number of likely N-dealkylation sites (tertiary alicyclic amines) is 1. The molecule has 6 aliphatic rings. The molecule has 4 aliphatic carbocycles. The van der Waals surface area contributed by atoms with Gasteiger partial charge < -0.3 is 10.2 Å². The topological polar surface area (TPSA) is 55.9 Å². The fraction of sp³-hybridized carbons (Fsp3) is 0.909. The van der Waals surface area contributed by atoms with Gasteiger partial charge in [0, 0.05) is 44.8 Å². The van der Waals surface area contributed by atoms with Crippen molar-refractivity contribution in [2.75, 3.05) is 52.4 Å². The molecule has 28 heavy (non-hydrogen) atoms. The predicted octanol–water partition coefficient (Wildman–Crippen LogP) is 1.31. The van der Waals surface area contributed by atoms with Gasteiger partial charge in [-0.2, -0.15) is 0 Å². The minimum absolute atomic E-state index is 0.121. The highest BCUT2D eigenvalue weighted by Gasteiger charge is 2.51. The van der Waals surface area contributed by atoms with E-state index in [4.69, 9.17) is 0 Å². The predicted molar refractivity (Wildman–Crippen MR) is 108 cm³/mol. The van der Waals surface area contributed by atoms with Crippen molar-refractivity contribution < 1.29 is 9.59 Å². The Morgan fingerprint density at radius 2 is 1.25 bits per heavy atom. The molecule has 4 saturated carbocycles. The molecule has 0 unspecified atom stereocenters. The molecule has 0 atom stereocenters. The van der Waals surface area contributed by atoms with Crippen LogP contribution in [0.15, 0.2) is 0 Å². The van der Waals surface area contributed by atoms with Crippen LogP contribution in [0.5, 0.6) is 0 Å². The van der Waals surface area contributed by atoms with Crippen molar-refractivity contribution in [1.82, 2.24) is 20.0 Å². The van der Waals surface area contributed by atoms with E-state index < -0.39 is 0 Å². The first-order valence-electron chi connectivity index (χ1n) is 11.6. The second-order valence-electron chi connectivity index (χ2n) is 10.4. The second-order valence-corrected chi connectivity index (χ2v) is 10.4. The molecule has 156 valence electrons. The van der Waals surface area contributed by atoms with Crippen LogP contribution in [-0.4, -0.2) is 84.4 Å². The number of amides is 2. The first-order chi connectivity index (χ1) is 13.6.